The van der Waals surface area contributed by atoms with E-state index < -0.39 is 0 Å². The minimum atomic E-state index is 0.0538. The van der Waals surface area contributed by atoms with Gasteiger partial charge in [0.1, 0.15) is 5.82 Å². The largest absolute Gasteiger partial charge is 0.433 e. The lowest BCUT2D eigenvalue weighted by Gasteiger charge is -2.36. The number of carbonyl (C=O) groups is 1. The van der Waals surface area contributed by atoms with Crippen molar-refractivity contribution in [3.63, 3.8) is 0 Å². The molecule has 2 aliphatic rings. The zero-order valence-electron chi connectivity index (χ0n) is 22.6. The first kappa shape index (κ1) is 27.0. The Morgan fingerprint density at radius 3 is 2.51 bits per heavy atom. The van der Waals surface area contributed by atoms with Crippen LogP contribution in [0, 0.1) is 0 Å². The summed E-state index contributed by atoms with van der Waals surface area (Å²) in [5, 5.41) is 2.97. The Morgan fingerprint density at radius 2 is 1.77 bits per heavy atom. The Labute approximate surface area is 235 Å². The molecule has 3 aromatic rings. The fourth-order valence-corrected chi connectivity index (χ4v) is 5.61. The number of halogens is 1. The minimum Gasteiger partial charge on any atom is -0.433 e. The van der Waals surface area contributed by atoms with Crippen molar-refractivity contribution < 1.29 is 9.53 Å². The van der Waals surface area contributed by atoms with Crippen molar-refractivity contribution in [2.45, 2.75) is 12.8 Å². The van der Waals surface area contributed by atoms with Crippen molar-refractivity contribution in [1.29, 1.82) is 0 Å². The van der Waals surface area contributed by atoms with Gasteiger partial charge in [0.2, 0.25) is 5.91 Å². The van der Waals surface area contributed by atoms with E-state index in [2.05, 4.69) is 40.6 Å². The van der Waals surface area contributed by atoms with Crippen LogP contribution in [0.25, 0.3) is 10.8 Å². The van der Waals surface area contributed by atoms with Crippen molar-refractivity contribution in [2.75, 3.05) is 69.7 Å². The van der Waals surface area contributed by atoms with Crippen LogP contribution in [0.15, 0.2) is 61.4 Å². The fourth-order valence-electron chi connectivity index (χ4n) is 5.34. The molecule has 0 atom stereocenters. The summed E-state index contributed by atoms with van der Waals surface area (Å²) in [5.74, 6) is 0.947. The molecule has 1 fully saturated rings. The number of nitrogens with zero attached hydrogens (tertiary/aromatic N) is 6. The van der Waals surface area contributed by atoms with Crippen LogP contribution in [0.3, 0.4) is 0 Å². The number of amides is 1. The molecular weight excluding hydrogens is 512 g/mol. The molecular formula is C30H35ClN6O2. The second kappa shape index (κ2) is 12.1. The summed E-state index contributed by atoms with van der Waals surface area (Å²) in [6.07, 6.45) is 6.51. The molecule has 204 valence electrons. The number of ether oxygens (including phenoxy) is 1. The average molecular weight is 547 g/mol. The highest BCUT2D eigenvalue weighted by Gasteiger charge is 2.27. The first-order chi connectivity index (χ1) is 18.9. The van der Waals surface area contributed by atoms with E-state index in [1.165, 1.54) is 6.26 Å². The van der Waals surface area contributed by atoms with Crippen molar-refractivity contribution in [2.24, 2.45) is 0 Å². The number of benzene rings is 2. The maximum atomic E-state index is 12.7. The van der Waals surface area contributed by atoms with Crippen LogP contribution in [0.5, 0.6) is 6.01 Å². The van der Waals surface area contributed by atoms with Gasteiger partial charge in [-0.3, -0.25) is 4.79 Å². The second-order valence-corrected chi connectivity index (χ2v) is 10.5. The molecule has 39 heavy (non-hydrogen) atoms. The van der Waals surface area contributed by atoms with Crippen molar-refractivity contribution in [3.05, 3.63) is 77.7 Å². The predicted molar refractivity (Wildman–Crippen MR) is 158 cm³/mol. The van der Waals surface area contributed by atoms with Gasteiger partial charge in [-0.05, 0) is 38.0 Å². The van der Waals surface area contributed by atoms with Gasteiger partial charge in [0.05, 0.1) is 17.0 Å². The average Bonchev–Trinajstić information content (AvgIpc) is 3.15. The van der Waals surface area contributed by atoms with Gasteiger partial charge in [-0.25, -0.2) is 0 Å². The third kappa shape index (κ3) is 6.02. The van der Waals surface area contributed by atoms with Crippen LogP contribution < -0.4 is 14.5 Å². The van der Waals surface area contributed by atoms with Crippen LogP contribution >= 0.6 is 11.6 Å². The van der Waals surface area contributed by atoms with E-state index >= 15 is 0 Å². The van der Waals surface area contributed by atoms with Crippen molar-refractivity contribution in [1.82, 2.24) is 19.8 Å². The summed E-state index contributed by atoms with van der Waals surface area (Å²) in [6, 6.07) is 12.7. The van der Waals surface area contributed by atoms with Gasteiger partial charge in [-0.2, -0.15) is 9.97 Å². The van der Waals surface area contributed by atoms with Gasteiger partial charge in [0, 0.05) is 74.9 Å². The molecule has 0 saturated carbocycles. The van der Waals surface area contributed by atoms with Gasteiger partial charge in [0.25, 0.3) is 0 Å². The summed E-state index contributed by atoms with van der Waals surface area (Å²) in [6.45, 7) is 8.75. The van der Waals surface area contributed by atoms with E-state index in [4.69, 9.17) is 26.3 Å². The van der Waals surface area contributed by atoms with E-state index in [1.807, 2.05) is 42.1 Å². The van der Waals surface area contributed by atoms with E-state index in [1.54, 1.807) is 6.08 Å². The maximum Gasteiger partial charge on any atom is 0.323 e. The number of aromatic nitrogens is 2. The highest BCUT2D eigenvalue weighted by molar-refractivity contribution is 6.36. The van der Waals surface area contributed by atoms with Gasteiger partial charge >= 0.3 is 6.01 Å². The quantitative estimate of drug-likeness (QED) is 0.325. The van der Waals surface area contributed by atoms with E-state index in [9.17, 15) is 4.79 Å². The molecule has 8 nitrogen and oxygen atoms in total. The molecule has 2 aliphatic heterocycles. The molecule has 1 aromatic heterocycles. The number of likely N-dealkylation sites (N-methyl/N-ethyl adjacent to an activating group) is 1. The van der Waals surface area contributed by atoms with E-state index in [0.717, 1.165) is 71.0 Å². The van der Waals surface area contributed by atoms with E-state index in [0.29, 0.717) is 32.2 Å². The molecule has 3 heterocycles. The molecule has 5 rings (SSSR count). The Hall–Kier alpha value is -3.62. The number of anilines is 2. The van der Waals surface area contributed by atoms with Gasteiger partial charge in [-0.15, -0.1) is 0 Å². The third-order valence-corrected chi connectivity index (χ3v) is 7.60. The van der Waals surface area contributed by atoms with Gasteiger partial charge in [0.15, 0.2) is 0 Å². The molecule has 1 amide bonds. The van der Waals surface area contributed by atoms with Crippen LogP contribution in [-0.2, 0) is 17.6 Å². The van der Waals surface area contributed by atoms with Crippen LogP contribution in [0.4, 0.5) is 11.5 Å². The molecule has 0 N–H and O–H groups in total. The number of carbonyl (C=O) groups excluding carboxylic acids is 1. The van der Waals surface area contributed by atoms with E-state index in [-0.39, 0.29) is 5.91 Å². The lowest BCUT2D eigenvalue weighted by atomic mass is 10.1. The number of piperazine rings is 1. The normalized spacial score (nSPS) is 16.1. The third-order valence-electron chi connectivity index (χ3n) is 7.28. The Bertz CT molecular complexity index is 1380. The monoisotopic (exact) mass is 546 g/mol. The summed E-state index contributed by atoms with van der Waals surface area (Å²) >= 11 is 6.65. The molecule has 0 radical (unpaired) electrons. The number of fused-ring (bicyclic) bond motifs is 2. The topological polar surface area (TPSA) is 65.0 Å². The SMILES string of the molecule is C=COc1nc2c(c(N3CCN(C(=O)/C=C/CN(C)C)CC3)n1)CCN(c1cccc3cccc(Cl)c13)CC2. The maximum absolute atomic E-state index is 12.7. The molecule has 0 bridgehead atoms. The molecule has 0 unspecified atom stereocenters. The number of hydrogen-bond donors (Lipinski definition) is 0. The lowest BCUT2D eigenvalue weighted by molar-refractivity contribution is -0.126. The molecule has 9 heteroatoms. The Kier molecular flexibility index (Phi) is 8.33. The van der Waals surface area contributed by atoms with Crippen molar-refractivity contribution >= 4 is 39.8 Å². The smallest absolute Gasteiger partial charge is 0.323 e. The first-order valence-corrected chi connectivity index (χ1v) is 13.8. The lowest BCUT2D eigenvalue weighted by Crippen LogP contribution is -2.49. The van der Waals surface area contributed by atoms with Gasteiger partial charge in [-0.1, -0.05) is 48.5 Å². The molecule has 0 spiro atoms. The van der Waals surface area contributed by atoms with Crippen molar-refractivity contribution in [3.8, 4) is 6.01 Å². The molecule has 2 aromatic carbocycles. The standard InChI is InChI=1S/C30H35ClN6O2/c1-4-39-30-32-25-14-17-35(26-11-6-9-22-8-5-10-24(31)28(22)26)16-13-23(25)29(33-30)37-20-18-36(19-21-37)27(38)12-7-15-34(2)3/h4-12H,1,13-21H2,2-3H3/b12-7+. The van der Waals surface area contributed by atoms with Gasteiger partial charge < -0.3 is 24.3 Å². The van der Waals surface area contributed by atoms with Crippen LogP contribution in [-0.4, -0.2) is 85.6 Å². The number of hydrogen-bond acceptors (Lipinski definition) is 7. The Morgan fingerprint density at radius 1 is 1.03 bits per heavy atom. The summed E-state index contributed by atoms with van der Waals surface area (Å²) in [7, 11) is 3.97. The zero-order chi connectivity index (χ0) is 27.4. The summed E-state index contributed by atoms with van der Waals surface area (Å²) < 4.78 is 5.56. The number of rotatable bonds is 7. The molecule has 0 aliphatic carbocycles. The predicted octanol–water partition coefficient (Wildman–Crippen LogP) is 4.18. The minimum absolute atomic E-state index is 0.0538. The zero-order valence-corrected chi connectivity index (χ0v) is 23.4. The highest BCUT2D eigenvalue weighted by atomic mass is 35.5. The van der Waals surface area contributed by atoms with Crippen LogP contribution in [0.2, 0.25) is 5.02 Å². The fraction of sp³-hybridized carbons (Fsp3) is 0.367. The van der Waals surface area contributed by atoms with Crippen LogP contribution in [0.1, 0.15) is 11.3 Å². The molecule has 1 saturated heterocycles. The summed E-state index contributed by atoms with van der Waals surface area (Å²) in [4.78, 5) is 30.8. The first-order valence-electron chi connectivity index (χ1n) is 13.4. The second-order valence-electron chi connectivity index (χ2n) is 10.1. The highest BCUT2D eigenvalue weighted by Crippen LogP contribution is 2.35. The Balaban J connectivity index is 1.37. The summed E-state index contributed by atoms with van der Waals surface area (Å²) in [5.41, 5.74) is 3.28.